The van der Waals surface area contributed by atoms with Crippen LogP contribution in [0.15, 0.2) is 0 Å². The van der Waals surface area contributed by atoms with Crippen molar-refractivity contribution >= 4 is 21.7 Å². The van der Waals surface area contributed by atoms with Crippen molar-refractivity contribution in [1.82, 2.24) is 0 Å². The SMILES string of the molecule is CCCC(Cl)S([O])(=O)=O. The molecule has 0 fully saturated rings. The Bertz CT molecular complexity index is 163. The average molecular weight is 172 g/mol. The Hall–Kier alpha value is 0.200. The van der Waals surface area contributed by atoms with Crippen molar-refractivity contribution in [1.29, 1.82) is 0 Å². The van der Waals surface area contributed by atoms with Crippen LogP contribution in [0.25, 0.3) is 0 Å². The summed E-state index contributed by atoms with van der Waals surface area (Å²) >= 11 is 5.16. The quantitative estimate of drug-likeness (QED) is 0.598. The minimum Gasteiger partial charge on any atom is -0.195 e. The summed E-state index contributed by atoms with van der Waals surface area (Å²) < 4.78 is 28.9. The molecule has 1 unspecified atom stereocenters. The van der Waals surface area contributed by atoms with E-state index in [1.807, 2.05) is 0 Å². The molecule has 0 aliphatic rings. The fourth-order valence-electron chi connectivity index (χ4n) is 0.371. The Kier molecular flexibility index (Phi) is 3.46. The standard InChI is InChI=1S/C4H8ClO3S/c1-2-3-4(5)9(6,7)8/h4H,2-3H2,1H3. The lowest BCUT2D eigenvalue weighted by atomic mass is 10.4. The average Bonchev–Trinajstić information content (AvgIpc) is 1.64. The van der Waals surface area contributed by atoms with Crippen LogP contribution >= 0.6 is 11.6 Å². The van der Waals surface area contributed by atoms with Gasteiger partial charge in [-0.25, -0.2) is 0 Å². The molecule has 0 aliphatic heterocycles. The molecule has 0 saturated carbocycles. The number of rotatable bonds is 3. The lowest BCUT2D eigenvalue weighted by molar-refractivity contribution is 0.409. The van der Waals surface area contributed by atoms with Crippen molar-refractivity contribution in [3.63, 3.8) is 0 Å². The Balaban J connectivity index is 3.90. The summed E-state index contributed by atoms with van der Waals surface area (Å²) in [6.45, 7) is 1.76. The Labute approximate surface area is 59.8 Å². The lowest BCUT2D eigenvalue weighted by Crippen LogP contribution is -2.11. The summed E-state index contributed by atoms with van der Waals surface area (Å²) in [5.74, 6) is 0. The smallest absolute Gasteiger partial charge is 0.195 e. The third-order valence-electron chi connectivity index (χ3n) is 0.829. The highest BCUT2D eigenvalue weighted by molar-refractivity contribution is 7.87. The predicted octanol–water partition coefficient (Wildman–Crippen LogP) is 1.11. The number of halogens is 1. The minimum atomic E-state index is -4.25. The van der Waals surface area contributed by atoms with Crippen molar-refractivity contribution in [2.24, 2.45) is 0 Å². The number of hydrogen-bond donors (Lipinski definition) is 0. The van der Waals surface area contributed by atoms with Crippen LogP contribution < -0.4 is 0 Å². The zero-order valence-corrected chi connectivity index (χ0v) is 6.57. The van der Waals surface area contributed by atoms with Gasteiger partial charge in [0.1, 0.15) is 0 Å². The van der Waals surface area contributed by atoms with Gasteiger partial charge in [-0.3, -0.25) is 0 Å². The van der Waals surface area contributed by atoms with E-state index in [0.717, 1.165) is 0 Å². The minimum absolute atomic E-state index is 0.230. The Morgan fingerprint density at radius 3 is 2.11 bits per heavy atom. The van der Waals surface area contributed by atoms with Crippen molar-refractivity contribution in [3.8, 4) is 0 Å². The number of hydrogen-bond acceptors (Lipinski definition) is 2. The normalized spacial score (nSPS) is 15.4. The first-order valence-electron chi connectivity index (χ1n) is 2.57. The molecule has 0 amide bonds. The van der Waals surface area contributed by atoms with E-state index in [9.17, 15) is 13.0 Å². The van der Waals surface area contributed by atoms with Gasteiger partial charge in [-0.15, -0.1) is 11.6 Å². The highest BCUT2D eigenvalue weighted by Gasteiger charge is 2.19. The van der Waals surface area contributed by atoms with E-state index in [0.29, 0.717) is 6.42 Å². The van der Waals surface area contributed by atoms with Crippen molar-refractivity contribution < 1.29 is 13.0 Å². The molecule has 0 bridgehead atoms. The molecule has 0 N–H and O–H groups in total. The lowest BCUT2D eigenvalue weighted by Gasteiger charge is -1.99. The van der Waals surface area contributed by atoms with E-state index in [1.54, 1.807) is 6.92 Å². The van der Waals surface area contributed by atoms with E-state index in [4.69, 9.17) is 11.6 Å². The van der Waals surface area contributed by atoms with E-state index in [2.05, 4.69) is 0 Å². The summed E-state index contributed by atoms with van der Waals surface area (Å²) in [4.78, 5) is 0. The van der Waals surface area contributed by atoms with E-state index < -0.39 is 14.8 Å². The molecule has 0 aromatic carbocycles. The zero-order chi connectivity index (χ0) is 7.49. The van der Waals surface area contributed by atoms with Gasteiger partial charge in [0.05, 0.1) is 0 Å². The maximum atomic E-state index is 10.0. The fourth-order valence-corrected chi connectivity index (χ4v) is 1.11. The summed E-state index contributed by atoms with van der Waals surface area (Å²) in [7, 11) is -4.25. The van der Waals surface area contributed by atoms with E-state index >= 15 is 0 Å². The maximum Gasteiger partial charge on any atom is 0.311 e. The third kappa shape index (κ3) is 3.72. The van der Waals surface area contributed by atoms with Crippen LogP contribution in [0.1, 0.15) is 19.8 Å². The Morgan fingerprint density at radius 1 is 1.56 bits per heavy atom. The van der Waals surface area contributed by atoms with E-state index in [-0.39, 0.29) is 6.42 Å². The monoisotopic (exact) mass is 171 g/mol. The van der Waals surface area contributed by atoms with Gasteiger partial charge in [0.15, 0.2) is 4.71 Å². The van der Waals surface area contributed by atoms with Gasteiger partial charge in [-0.05, 0) is 6.42 Å². The summed E-state index contributed by atoms with van der Waals surface area (Å²) in [5, 5.41) is 0. The maximum absolute atomic E-state index is 10.0. The topological polar surface area (TPSA) is 54.0 Å². The van der Waals surface area contributed by atoms with Crippen LogP contribution in [-0.4, -0.2) is 13.1 Å². The van der Waals surface area contributed by atoms with Crippen molar-refractivity contribution in [2.75, 3.05) is 0 Å². The molecule has 0 spiro atoms. The van der Waals surface area contributed by atoms with Crippen LogP contribution in [0.4, 0.5) is 0 Å². The molecular weight excluding hydrogens is 164 g/mol. The zero-order valence-electron chi connectivity index (χ0n) is 5.00. The van der Waals surface area contributed by atoms with Gasteiger partial charge in [-0.1, -0.05) is 17.9 Å². The molecule has 0 saturated heterocycles. The van der Waals surface area contributed by atoms with Gasteiger partial charge in [-0.2, -0.15) is 8.42 Å². The van der Waals surface area contributed by atoms with E-state index in [1.165, 1.54) is 0 Å². The van der Waals surface area contributed by atoms with Crippen LogP contribution in [0, 0.1) is 0 Å². The highest BCUT2D eigenvalue weighted by Crippen LogP contribution is 2.10. The van der Waals surface area contributed by atoms with Gasteiger partial charge < -0.3 is 0 Å². The first-order chi connectivity index (χ1) is 3.98. The van der Waals surface area contributed by atoms with Gasteiger partial charge in [0.2, 0.25) is 0 Å². The molecule has 55 valence electrons. The summed E-state index contributed by atoms with van der Waals surface area (Å²) in [6, 6.07) is 0. The molecule has 1 radical (unpaired) electrons. The second-order valence-electron chi connectivity index (χ2n) is 1.69. The van der Waals surface area contributed by atoms with Gasteiger partial charge >= 0.3 is 10.1 Å². The van der Waals surface area contributed by atoms with Gasteiger partial charge in [0, 0.05) is 0 Å². The molecule has 0 rings (SSSR count). The molecule has 0 aromatic heterocycles. The second-order valence-corrected chi connectivity index (χ2v) is 4.03. The molecule has 0 heterocycles. The molecule has 9 heavy (non-hydrogen) atoms. The summed E-state index contributed by atoms with van der Waals surface area (Å²) in [5.41, 5.74) is 0. The number of alkyl halides is 1. The van der Waals surface area contributed by atoms with Crippen molar-refractivity contribution in [2.45, 2.75) is 24.5 Å². The largest absolute Gasteiger partial charge is 0.311 e. The van der Waals surface area contributed by atoms with Crippen LogP contribution in [0.3, 0.4) is 0 Å². The molecule has 3 nitrogen and oxygen atoms in total. The van der Waals surface area contributed by atoms with Crippen LogP contribution in [0.2, 0.25) is 0 Å². The highest BCUT2D eigenvalue weighted by atomic mass is 35.5. The third-order valence-corrected chi connectivity index (χ3v) is 2.56. The molecule has 0 aromatic rings. The first-order valence-corrected chi connectivity index (χ1v) is 4.48. The van der Waals surface area contributed by atoms with Crippen LogP contribution in [0.5, 0.6) is 0 Å². The van der Waals surface area contributed by atoms with Gasteiger partial charge in [0.25, 0.3) is 0 Å². The predicted molar refractivity (Wildman–Crippen MR) is 34.2 cm³/mol. The van der Waals surface area contributed by atoms with Crippen molar-refractivity contribution in [3.05, 3.63) is 0 Å². The second kappa shape index (κ2) is 3.39. The molecule has 5 heteroatoms. The fraction of sp³-hybridized carbons (Fsp3) is 1.00. The van der Waals surface area contributed by atoms with Crippen LogP contribution in [-0.2, 0) is 14.7 Å². The summed E-state index contributed by atoms with van der Waals surface area (Å²) in [6.07, 6.45) is 0.836. The Morgan fingerprint density at radius 2 is 2.00 bits per heavy atom. The molecular formula is C4H8ClO3S. The molecule has 1 atom stereocenters. The first kappa shape index (κ1) is 9.20. The molecule has 0 aliphatic carbocycles.